The molecule has 6 nitrogen and oxygen atoms in total. The van der Waals surface area contributed by atoms with E-state index in [-0.39, 0.29) is 6.61 Å². The molecule has 0 saturated heterocycles. The summed E-state index contributed by atoms with van der Waals surface area (Å²) < 4.78 is 10.1. The van der Waals surface area contributed by atoms with Gasteiger partial charge in [-0.1, -0.05) is 30.3 Å². The van der Waals surface area contributed by atoms with E-state index in [1.807, 2.05) is 24.3 Å². The average Bonchev–Trinajstić information content (AvgIpc) is 2.58. The van der Waals surface area contributed by atoms with E-state index in [2.05, 4.69) is 5.32 Å². The third-order valence-electron chi connectivity index (χ3n) is 3.40. The van der Waals surface area contributed by atoms with Crippen molar-refractivity contribution in [3.8, 4) is 5.75 Å². The van der Waals surface area contributed by atoms with Crippen LogP contribution in [0.15, 0.2) is 36.4 Å². The predicted octanol–water partition coefficient (Wildman–Crippen LogP) is 1.50. The lowest BCUT2D eigenvalue weighted by atomic mass is 10.0. The summed E-state index contributed by atoms with van der Waals surface area (Å²) in [6, 6.07) is 9.77. The van der Waals surface area contributed by atoms with Crippen LogP contribution in [0.5, 0.6) is 5.75 Å². The second-order valence-corrected chi connectivity index (χ2v) is 4.82. The number of aliphatic hydroxyl groups excluding tert-OH is 1. The molecule has 0 radical (unpaired) electrons. The van der Waals surface area contributed by atoms with Crippen molar-refractivity contribution in [3.05, 3.63) is 42.0 Å². The van der Waals surface area contributed by atoms with E-state index >= 15 is 0 Å². The summed E-state index contributed by atoms with van der Waals surface area (Å²) in [6.07, 6.45) is 0. The van der Waals surface area contributed by atoms with Gasteiger partial charge in [0.2, 0.25) is 0 Å². The van der Waals surface area contributed by atoms with E-state index in [4.69, 9.17) is 9.47 Å². The highest BCUT2D eigenvalue weighted by Crippen LogP contribution is 2.27. The quantitative estimate of drug-likeness (QED) is 0.789. The number of carbonyl (C=O) groups is 2. The monoisotopic (exact) mass is 317 g/mol. The molecule has 0 aliphatic heterocycles. The van der Waals surface area contributed by atoms with Gasteiger partial charge in [-0.2, -0.15) is 0 Å². The Morgan fingerprint density at radius 3 is 2.61 bits per heavy atom. The van der Waals surface area contributed by atoms with Gasteiger partial charge in [-0.05, 0) is 23.8 Å². The smallest absolute Gasteiger partial charge is 0.331 e. The molecule has 0 aliphatic carbocycles. The Hall–Kier alpha value is -2.60. The first-order chi connectivity index (χ1) is 11.1. The molecule has 0 unspecified atom stereocenters. The lowest BCUT2D eigenvalue weighted by Crippen LogP contribution is -2.44. The van der Waals surface area contributed by atoms with Crippen LogP contribution in [0.4, 0.5) is 0 Å². The molecule has 6 heteroatoms. The number of fused-ring (bicyclic) bond motifs is 1. The zero-order valence-corrected chi connectivity index (χ0v) is 13.0. The molecule has 0 aliphatic rings. The maximum Gasteiger partial charge on any atom is 0.331 e. The van der Waals surface area contributed by atoms with Crippen molar-refractivity contribution in [2.45, 2.75) is 13.0 Å². The fourth-order valence-corrected chi connectivity index (χ4v) is 2.31. The Morgan fingerprint density at radius 1 is 1.22 bits per heavy atom. The Labute approximate surface area is 134 Å². The minimum atomic E-state index is -1.12. The molecule has 0 spiro atoms. The number of aliphatic hydroxyl groups is 1. The van der Waals surface area contributed by atoms with Crippen LogP contribution < -0.4 is 10.1 Å². The summed E-state index contributed by atoms with van der Waals surface area (Å²) in [5.41, 5.74) is 0.313. The van der Waals surface area contributed by atoms with Crippen LogP contribution in [0, 0.1) is 0 Å². The standard InChI is InChI=1S/C17H19NO5/c1-3-23-17(21)13(10-19)18-16(20)15-12-7-5-4-6-11(12)8-9-14(15)22-2/h4-9,13,19H,3,10H2,1-2H3,(H,18,20)/t13-/m0/s1. The zero-order valence-electron chi connectivity index (χ0n) is 13.0. The maximum atomic E-state index is 12.6. The lowest BCUT2D eigenvalue weighted by Gasteiger charge is -2.17. The average molecular weight is 317 g/mol. The number of esters is 1. The SMILES string of the molecule is CCOC(=O)[C@H](CO)NC(=O)c1c(OC)ccc2ccccc12. The molecule has 122 valence electrons. The number of benzene rings is 2. The molecule has 0 bridgehead atoms. The summed E-state index contributed by atoms with van der Waals surface area (Å²) in [7, 11) is 1.47. The molecule has 0 saturated carbocycles. The predicted molar refractivity (Wildman–Crippen MR) is 85.5 cm³/mol. The fraction of sp³-hybridized carbons (Fsp3) is 0.294. The second kappa shape index (κ2) is 7.60. The van der Waals surface area contributed by atoms with Gasteiger partial charge in [0.05, 0.1) is 25.9 Å². The van der Waals surface area contributed by atoms with E-state index in [1.165, 1.54) is 7.11 Å². The number of hydrogen-bond donors (Lipinski definition) is 2. The zero-order chi connectivity index (χ0) is 16.8. The van der Waals surface area contributed by atoms with Crippen molar-refractivity contribution in [1.82, 2.24) is 5.32 Å². The largest absolute Gasteiger partial charge is 0.496 e. The second-order valence-electron chi connectivity index (χ2n) is 4.82. The maximum absolute atomic E-state index is 12.6. The number of nitrogens with one attached hydrogen (secondary N) is 1. The van der Waals surface area contributed by atoms with Crippen molar-refractivity contribution in [2.75, 3.05) is 20.3 Å². The molecule has 0 aromatic heterocycles. The Kier molecular flexibility index (Phi) is 5.54. The van der Waals surface area contributed by atoms with Crippen LogP contribution in [-0.4, -0.2) is 43.3 Å². The minimum absolute atomic E-state index is 0.169. The van der Waals surface area contributed by atoms with E-state index < -0.39 is 24.5 Å². The molecule has 2 rings (SSSR count). The number of hydrogen-bond acceptors (Lipinski definition) is 5. The fourth-order valence-electron chi connectivity index (χ4n) is 2.31. The highest BCUT2D eigenvalue weighted by atomic mass is 16.5. The van der Waals surface area contributed by atoms with Gasteiger partial charge in [-0.25, -0.2) is 4.79 Å². The first-order valence-electron chi connectivity index (χ1n) is 7.26. The van der Waals surface area contributed by atoms with Crippen LogP contribution in [0.2, 0.25) is 0 Å². The van der Waals surface area contributed by atoms with Crippen molar-refractivity contribution in [1.29, 1.82) is 0 Å². The summed E-state index contributed by atoms with van der Waals surface area (Å²) in [5.74, 6) is -0.796. The summed E-state index contributed by atoms with van der Waals surface area (Å²) in [4.78, 5) is 24.3. The highest BCUT2D eigenvalue weighted by Gasteiger charge is 2.24. The number of carbonyl (C=O) groups excluding carboxylic acids is 2. The van der Waals surface area contributed by atoms with Crippen LogP contribution in [0.3, 0.4) is 0 Å². The van der Waals surface area contributed by atoms with Gasteiger partial charge in [-0.3, -0.25) is 4.79 Å². The number of ether oxygens (including phenoxy) is 2. The van der Waals surface area contributed by atoms with Gasteiger partial charge in [0.15, 0.2) is 6.04 Å². The van der Waals surface area contributed by atoms with Gasteiger partial charge < -0.3 is 19.9 Å². The van der Waals surface area contributed by atoms with Crippen LogP contribution in [-0.2, 0) is 9.53 Å². The molecule has 2 aromatic rings. The van der Waals surface area contributed by atoms with E-state index in [0.29, 0.717) is 16.7 Å². The van der Waals surface area contributed by atoms with Crippen LogP contribution in [0.1, 0.15) is 17.3 Å². The highest BCUT2D eigenvalue weighted by molar-refractivity contribution is 6.10. The molecule has 1 amide bonds. The van der Waals surface area contributed by atoms with E-state index in [0.717, 1.165) is 5.39 Å². The minimum Gasteiger partial charge on any atom is -0.496 e. The van der Waals surface area contributed by atoms with Crippen LogP contribution in [0.25, 0.3) is 10.8 Å². The van der Waals surface area contributed by atoms with E-state index in [9.17, 15) is 14.7 Å². The number of methoxy groups -OCH3 is 1. The van der Waals surface area contributed by atoms with Gasteiger partial charge >= 0.3 is 5.97 Å². The lowest BCUT2D eigenvalue weighted by molar-refractivity contribution is -0.146. The van der Waals surface area contributed by atoms with Crippen molar-refractivity contribution >= 4 is 22.6 Å². The summed E-state index contributed by atoms with van der Waals surface area (Å²) in [6.45, 7) is 1.28. The summed E-state index contributed by atoms with van der Waals surface area (Å²) >= 11 is 0. The van der Waals surface area contributed by atoms with Crippen molar-refractivity contribution in [3.63, 3.8) is 0 Å². The first-order valence-corrected chi connectivity index (χ1v) is 7.26. The van der Waals surface area contributed by atoms with Gasteiger partial charge in [-0.15, -0.1) is 0 Å². The third kappa shape index (κ3) is 3.60. The molecule has 0 heterocycles. The van der Waals surface area contributed by atoms with Gasteiger partial charge in [0, 0.05) is 0 Å². The molecular weight excluding hydrogens is 298 g/mol. The first kappa shape index (κ1) is 16.8. The Bertz CT molecular complexity index is 713. The van der Waals surface area contributed by atoms with Gasteiger partial charge in [0.1, 0.15) is 5.75 Å². The Morgan fingerprint density at radius 2 is 1.96 bits per heavy atom. The topological polar surface area (TPSA) is 84.9 Å². The van der Waals surface area contributed by atoms with Gasteiger partial charge in [0.25, 0.3) is 5.91 Å². The van der Waals surface area contributed by atoms with Crippen LogP contribution >= 0.6 is 0 Å². The molecule has 2 N–H and O–H groups in total. The molecule has 23 heavy (non-hydrogen) atoms. The number of rotatable bonds is 6. The molecule has 1 atom stereocenters. The third-order valence-corrected chi connectivity index (χ3v) is 3.40. The Balaban J connectivity index is 2.38. The van der Waals surface area contributed by atoms with Crippen molar-refractivity contribution < 1.29 is 24.2 Å². The molecule has 0 fully saturated rings. The summed E-state index contributed by atoms with van der Waals surface area (Å²) in [5, 5.41) is 13.4. The van der Waals surface area contributed by atoms with E-state index in [1.54, 1.807) is 19.1 Å². The molecule has 2 aromatic carbocycles. The number of amides is 1. The normalized spacial score (nSPS) is 11.8. The molecular formula is C17H19NO5. The van der Waals surface area contributed by atoms with Crippen molar-refractivity contribution in [2.24, 2.45) is 0 Å².